The molecular formula is C19H20ClN3O4S. The first-order chi connectivity index (χ1) is 12.8. The van der Waals surface area contributed by atoms with Crippen molar-refractivity contribution in [3.63, 3.8) is 0 Å². The van der Waals surface area contributed by atoms with Crippen LogP contribution < -0.4 is 5.73 Å². The van der Waals surface area contributed by atoms with E-state index in [2.05, 4.69) is 0 Å². The number of amides is 2. The Balaban J connectivity index is 0.00000225. The van der Waals surface area contributed by atoms with Crippen LogP contribution in [0.25, 0.3) is 0 Å². The summed E-state index contributed by atoms with van der Waals surface area (Å²) >= 11 is 0. The molecule has 9 heteroatoms. The van der Waals surface area contributed by atoms with Gasteiger partial charge in [-0.25, -0.2) is 8.42 Å². The molecule has 2 aliphatic heterocycles. The summed E-state index contributed by atoms with van der Waals surface area (Å²) in [4.78, 5) is 25.2. The van der Waals surface area contributed by atoms with Crippen molar-refractivity contribution in [2.75, 3.05) is 20.1 Å². The Labute approximate surface area is 169 Å². The second-order valence-electron chi connectivity index (χ2n) is 6.88. The number of halogens is 1. The van der Waals surface area contributed by atoms with Crippen LogP contribution in [0.4, 0.5) is 0 Å². The van der Waals surface area contributed by atoms with Crippen molar-refractivity contribution in [1.29, 1.82) is 0 Å². The third kappa shape index (κ3) is 3.12. The minimum absolute atomic E-state index is 0. The molecule has 148 valence electrons. The molecule has 4 rings (SSSR count). The van der Waals surface area contributed by atoms with Crippen molar-refractivity contribution in [2.24, 2.45) is 5.73 Å². The van der Waals surface area contributed by atoms with Crippen molar-refractivity contribution in [3.8, 4) is 0 Å². The zero-order valence-electron chi connectivity index (χ0n) is 15.1. The van der Waals surface area contributed by atoms with Gasteiger partial charge in [0.1, 0.15) is 0 Å². The van der Waals surface area contributed by atoms with Crippen molar-refractivity contribution in [1.82, 2.24) is 9.21 Å². The normalized spacial score (nSPS) is 22.3. The zero-order chi connectivity index (χ0) is 19.3. The number of benzene rings is 2. The van der Waals surface area contributed by atoms with E-state index in [0.29, 0.717) is 0 Å². The molecule has 0 spiro atoms. The average Bonchev–Trinajstić information content (AvgIpc) is 3.17. The fraction of sp³-hybridized carbons (Fsp3) is 0.263. The maximum atomic E-state index is 13.1. The number of rotatable bonds is 3. The third-order valence-electron chi connectivity index (χ3n) is 5.26. The monoisotopic (exact) mass is 421 g/mol. The molecule has 0 aromatic heterocycles. The van der Waals surface area contributed by atoms with Gasteiger partial charge >= 0.3 is 0 Å². The maximum absolute atomic E-state index is 13.1. The molecule has 2 aromatic rings. The molecule has 0 aliphatic carbocycles. The summed E-state index contributed by atoms with van der Waals surface area (Å²) in [5, 5.41) is 0. The minimum atomic E-state index is -3.82. The standard InChI is InChI=1S/C19H19N3O4S.ClH/c1-21-18(23)14-8-7-13(9-15(14)19(21)24)27(25,26)22-10-16(17(20)11-22)12-5-3-2-4-6-12;/h2-9,16-17H,10-11,20H2,1H3;1H/t16-,17+;/m0./s1. The van der Waals surface area contributed by atoms with E-state index >= 15 is 0 Å². The summed E-state index contributed by atoms with van der Waals surface area (Å²) in [6, 6.07) is 13.3. The first kappa shape index (κ1) is 20.5. The molecule has 7 nitrogen and oxygen atoms in total. The molecule has 0 saturated carbocycles. The van der Waals surface area contributed by atoms with Gasteiger partial charge in [-0.15, -0.1) is 12.4 Å². The van der Waals surface area contributed by atoms with Crippen LogP contribution >= 0.6 is 12.4 Å². The van der Waals surface area contributed by atoms with Crippen molar-refractivity contribution in [2.45, 2.75) is 16.9 Å². The lowest BCUT2D eigenvalue weighted by molar-refractivity contribution is 0.0693. The second-order valence-corrected chi connectivity index (χ2v) is 8.82. The summed E-state index contributed by atoms with van der Waals surface area (Å²) in [5.41, 5.74) is 7.55. The summed E-state index contributed by atoms with van der Waals surface area (Å²) in [7, 11) is -2.44. The molecule has 28 heavy (non-hydrogen) atoms. The minimum Gasteiger partial charge on any atom is -0.326 e. The summed E-state index contributed by atoms with van der Waals surface area (Å²) < 4.78 is 27.5. The van der Waals surface area contributed by atoms with Gasteiger partial charge in [0.05, 0.1) is 16.0 Å². The number of hydrogen-bond donors (Lipinski definition) is 1. The van der Waals surface area contributed by atoms with Gasteiger partial charge in [0.15, 0.2) is 0 Å². The first-order valence-electron chi connectivity index (χ1n) is 8.58. The van der Waals surface area contributed by atoms with Crippen molar-refractivity contribution in [3.05, 3.63) is 65.2 Å². The van der Waals surface area contributed by atoms with E-state index in [-0.39, 0.29) is 53.5 Å². The number of carbonyl (C=O) groups is 2. The SMILES string of the molecule is CN1C(=O)c2ccc(S(=O)(=O)N3C[C@@H](N)[C@H](c4ccccc4)C3)cc2C1=O.Cl. The summed E-state index contributed by atoms with van der Waals surface area (Å²) in [5.74, 6) is -1.01. The summed E-state index contributed by atoms with van der Waals surface area (Å²) in [6.07, 6.45) is 0. The lowest BCUT2D eigenvalue weighted by Crippen LogP contribution is -2.32. The van der Waals surface area contributed by atoms with Gasteiger partial charge in [-0.3, -0.25) is 14.5 Å². The lowest BCUT2D eigenvalue weighted by Gasteiger charge is -2.17. The number of sulfonamides is 1. The van der Waals surface area contributed by atoms with Crippen LogP contribution in [0.3, 0.4) is 0 Å². The molecule has 1 fully saturated rings. The quantitative estimate of drug-likeness (QED) is 0.756. The Morgan fingerprint density at radius 1 is 0.964 bits per heavy atom. The molecule has 2 amide bonds. The highest BCUT2D eigenvalue weighted by atomic mass is 35.5. The number of nitrogens with zero attached hydrogens (tertiary/aromatic N) is 2. The van der Waals surface area contributed by atoms with E-state index < -0.39 is 21.8 Å². The summed E-state index contributed by atoms with van der Waals surface area (Å²) in [6.45, 7) is 0.475. The van der Waals surface area contributed by atoms with Gasteiger partial charge in [-0.05, 0) is 23.8 Å². The number of fused-ring (bicyclic) bond motifs is 1. The second kappa shape index (κ2) is 7.29. The fourth-order valence-electron chi connectivity index (χ4n) is 3.69. The topological polar surface area (TPSA) is 101 Å². The van der Waals surface area contributed by atoms with Gasteiger partial charge < -0.3 is 5.73 Å². The molecule has 2 heterocycles. The first-order valence-corrected chi connectivity index (χ1v) is 10.0. The van der Waals surface area contributed by atoms with Crippen LogP contribution in [-0.4, -0.2) is 55.6 Å². The largest absolute Gasteiger partial charge is 0.326 e. The lowest BCUT2D eigenvalue weighted by atomic mass is 9.95. The molecule has 1 saturated heterocycles. The van der Waals surface area contributed by atoms with Crippen molar-refractivity contribution < 1.29 is 18.0 Å². The Morgan fingerprint density at radius 2 is 1.61 bits per heavy atom. The smallest absolute Gasteiger partial charge is 0.261 e. The van der Waals surface area contributed by atoms with Crippen molar-refractivity contribution >= 4 is 34.2 Å². The third-order valence-corrected chi connectivity index (χ3v) is 7.09. The fourth-order valence-corrected chi connectivity index (χ4v) is 5.22. The Bertz CT molecular complexity index is 1040. The Kier molecular flexibility index (Phi) is 5.33. The average molecular weight is 422 g/mol. The molecular weight excluding hydrogens is 402 g/mol. The highest BCUT2D eigenvalue weighted by Gasteiger charge is 2.40. The van der Waals surface area contributed by atoms with E-state index in [9.17, 15) is 18.0 Å². The molecule has 0 bridgehead atoms. The highest BCUT2D eigenvalue weighted by molar-refractivity contribution is 7.89. The number of hydrogen-bond acceptors (Lipinski definition) is 5. The molecule has 0 radical (unpaired) electrons. The molecule has 2 aromatic carbocycles. The van der Waals surface area contributed by atoms with E-state index in [1.807, 2.05) is 30.3 Å². The van der Waals surface area contributed by atoms with Gasteiger partial charge in [0, 0.05) is 32.1 Å². The molecule has 2 aliphatic rings. The van der Waals surface area contributed by atoms with Gasteiger partial charge in [0.2, 0.25) is 10.0 Å². The molecule has 0 unspecified atom stereocenters. The molecule has 2 atom stereocenters. The van der Waals surface area contributed by atoms with Gasteiger partial charge in [0.25, 0.3) is 11.8 Å². The van der Waals surface area contributed by atoms with Crippen LogP contribution in [0.1, 0.15) is 32.2 Å². The number of imide groups is 1. The van der Waals surface area contributed by atoms with Crippen LogP contribution in [0.15, 0.2) is 53.4 Å². The van der Waals surface area contributed by atoms with E-state index in [1.54, 1.807) is 0 Å². The zero-order valence-corrected chi connectivity index (χ0v) is 16.7. The Morgan fingerprint density at radius 3 is 2.29 bits per heavy atom. The maximum Gasteiger partial charge on any atom is 0.261 e. The van der Waals surface area contributed by atoms with Crippen LogP contribution in [0, 0.1) is 0 Å². The number of carbonyl (C=O) groups excluding carboxylic acids is 2. The van der Waals surface area contributed by atoms with Gasteiger partial charge in [-0.1, -0.05) is 30.3 Å². The highest BCUT2D eigenvalue weighted by Crippen LogP contribution is 2.32. The predicted octanol–water partition coefficient (Wildman–Crippen LogP) is 1.45. The Hall–Kier alpha value is -2.26. The van der Waals surface area contributed by atoms with E-state index in [4.69, 9.17) is 5.73 Å². The van der Waals surface area contributed by atoms with Gasteiger partial charge in [-0.2, -0.15) is 4.31 Å². The van der Waals surface area contributed by atoms with Crippen LogP contribution in [0.2, 0.25) is 0 Å². The number of nitrogens with two attached hydrogens (primary N) is 1. The van der Waals surface area contributed by atoms with Crippen LogP contribution in [-0.2, 0) is 10.0 Å². The van der Waals surface area contributed by atoms with Crippen LogP contribution in [0.5, 0.6) is 0 Å². The predicted molar refractivity (Wildman–Crippen MR) is 106 cm³/mol. The van der Waals surface area contributed by atoms with E-state index in [1.165, 1.54) is 29.6 Å². The molecule has 2 N–H and O–H groups in total. The van der Waals surface area contributed by atoms with E-state index in [0.717, 1.165) is 10.5 Å².